The molecule has 5 aromatic rings. The van der Waals surface area contributed by atoms with Gasteiger partial charge in [-0.05, 0) is 77.2 Å². The maximum atomic E-state index is 12.6. The standard InChI is InChI=1S/C32H28N2O4/c35-31(36)7-3-4-22-8-11-25(12-9-22)32(37)33-20-23-10-13-27-19-29(17-15-26(27)18-23)38-21-28-16-14-24-5-1-2-6-30(24)34-28/h1-2,5-6,8-19H,3-4,7,20-21H2,(H,33,37)(H,35,36). The first-order valence-corrected chi connectivity index (χ1v) is 12.6. The van der Waals surface area contributed by atoms with E-state index in [2.05, 4.69) is 22.4 Å². The third-order valence-electron chi connectivity index (χ3n) is 6.44. The van der Waals surface area contributed by atoms with Gasteiger partial charge < -0.3 is 15.2 Å². The number of aryl methyl sites for hydroxylation is 1. The minimum Gasteiger partial charge on any atom is -0.487 e. The average molecular weight is 505 g/mol. The molecule has 0 unspecified atom stereocenters. The lowest BCUT2D eigenvalue weighted by Crippen LogP contribution is -2.22. The third-order valence-corrected chi connectivity index (χ3v) is 6.44. The van der Waals surface area contributed by atoms with Crippen LogP contribution in [0.15, 0.2) is 97.1 Å². The smallest absolute Gasteiger partial charge is 0.303 e. The molecule has 0 aliphatic rings. The number of aromatic nitrogens is 1. The van der Waals surface area contributed by atoms with Gasteiger partial charge in [0.25, 0.3) is 5.91 Å². The van der Waals surface area contributed by atoms with E-state index in [9.17, 15) is 9.59 Å². The monoisotopic (exact) mass is 504 g/mol. The third kappa shape index (κ3) is 6.34. The minimum absolute atomic E-state index is 0.144. The van der Waals surface area contributed by atoms with Gasteiger partial charge in [-0.1, -0.05) is 54.6 Å². The molecule has 5 rings (SSSR count). The van der Waals surface area contributed by atoms with E-state index in [1.54, 1.807) is 12.1 Å². The van der Waals surface area contributed by atoms with E-state index in [0.717, 1.165) is 44.2 Å². The van der Waals surface area contributed by atoms with Crippen LogP contribution in [0.5, 0.6) is 5.75 Å². The summed E-state index contributed by atoms with van der Waals surface area (Å²) in [6, 6.07) is 31.5. The van der Waals surface area contributed by atoms with Crippen LogP contribution in [0.2, 0.25) is 0 Å². The van der Waals surface area contributed by atoms with E-state index in [4.69, 9.17) is 9.84 Å². The SMILES string of the molecule is O=C(O)CCCc1ccc(C(=O)NCc2ccc3cc(OCc4ccc5ccccc5n4)ccc3c2)cc1. The Bertz CT molecular complexity index is 1600. The largest absolute Gasteiger partial charge is 0.487 e. The summed E-state index contributed by atoms with van der Waals surface area (Å²) in [5, 5.41) is 15.0. The predicted molar refractivity (Wildman–Crippen MR) is 148 cm³/mol. The summed E-state index contributed by atoms with van der Waals surface area (Å²) in [5.74, 6) is -0.161. The van der Waals surface area contributed by atoms with Gasteiger partial charge in [0.15, 0.2) is 0 Å². The number of para-hydroxylation sites is 1. The fraction of sp³-hybridized carbons (Fsp3) is 0.156. The molecule has 4 aromatic carbocycles. The molecule has 0 saturated heterocycles. The number of carboxylic acids is 1. The van der Waals surface area contributed by atoms with Crippen molar-refractivity contribution in [3.63, 3.8) is 0 Å². The Labute approximate surface area is 220 Å². The van der Waals surface area contributed by atoms with Gasteiger partial charge in [-0.25, -0.2) is 4.98 Å². The maximum Gasteiger partial charge on any atom is 0.303 e. The number of nitrogens with zero attached hydrogens (tertiary/aromatic N) is 1. The number of hydrogen-bond acceptors (Lipinski definition) is 4. The molecule has 2 N–H and O–H groups in total. The summed E-state index contributed by atoms with van der Waals surface area (Å²) in [6.45, 7) is 0.810. The number of pyridine rings is 1. The van der Waals surface area contributed by atoms with Crippen molar-refractivity contribution >= 4 is 33.6 Å². The molecule has 0 aliphatic heterocycles. The number of hydrogen-bond donors (Lipinski definition) is 2. The minimum atomic E-state index is -0.794. The van der Waals surface area contributed by atoms with Crippen LogP contribution in [0, 0.1) is 0 Å². The summed E-state index contributed by atoms with van der Waals surface area (Å²) in [6.07, 6.45) is 1.40. The topological polar surface area (TPSA) is 88.5 Å². The van der Waals surface area contributed by atoms with Crippen molar-refractivity contribution in [2.24, 2.45) is 0 Å². The first-order chi connectivity index (χ1) is 18.5. The number of ether oxygens (including phenoxy) is 1. The first kappa shape index (κ1) is 25.0. The van der Waals surface area contributed by atoms with Crippen molar-refractivity contribution in [2.45, 2.75) is 32.4 Å². The number of aliphatic carboxylic acids is 1. The normalized spacial score (nSPS) is 10.9. The number of nitrogens with one attached hydrogen (secondary N) is 1. The lowest BCUT2D eigenvalue weighted by Gasteiger charge is -2.10. The molecule has 1 amide bonds. The van der Waals surface area contributed by atoms with Crippen LogP contribution in [0.1, 0.15) is 40.0 Å². The van der Waals surface area contributed by atoms with Gasteiger partial charge in [0, 0.05) is 23.9 Å². The summed E-state index contributed by atoms with van der Waals surface area (Å²) >= 11 is 0. The number of carbonyl (C=O) groups excluding carboxylic acids is 1. The molecule has 38 heavy (non-hydrogen) atoms. The van der Waals surface area contributed by atoms with E-state index in [1.807, 2.05) is 72.8 Å². The van der Waals surface area contributed by atoms with Gasteiger partial charge in [0.2, 0.25) is 0 Å². The van der Waals surface area contributed by atoms with Crippen LogP contribution in [-0.4, -0.2) is 22.0 Å². The summed E-state index contributed by atoms with van der Waals surface area (Å²) in [5.41, 5.74) is 4.44. The highest BCUT2D eigenvalue weighted by Gasteiger charge is 2.07. The van der Waals surface area contributed by atoms with Crippen LogP contribution < -0.4 is 10.1 Å². The highest BCUT2D eigenvalue weighted by molar-refractivity contribution is 5.94. The van der Waals surface area contributed by atoms with Crippen molar-refractivity contribution in [1.29, 1.82) is 0 Å². The van der Waals surface area contributed by atoms with E-state index >= 15 is 0 Å². The van der Waals surface area contributed by atoms with E-state index in [-0.39, 0.29) is 12.3 Å². The van der Waals surface area contributed by atoms with Crippen molar-refractivity contribution in [3.8, 4) is 5.75 Å². The highest BCUT2D eigenvalue weighted by Crippen LogP contribution is 2.23. The first-order valence-electron chi connectivity index (χ1n) is 12.6. The van der Waals surface area contributed by atoms with Crippen LogP contribution in [0.4, 0.5) is 0 Å². The van der Waals surface area contributed by atoms with Gasteiger partial charge >= 0.3 is 5.97 Å². The molecule has 1 aromatic heterocycles. The Morgan fingerprint density at radius 2 is 1.53 bits per heavy atom. The zero-order chi connectivity index (χ0) is 26.3. The Morgan fingerprint density at radius 3 is 2.37 bits per heavy atom. The van der Waals surface area contributed by atoms with Gasteiger partial charge in [0.1, 0.15) is 12.4 Å². The quantitative estimate of drug-likeness (QED) is 0.233. The van der Waals surface area contributed by atoms with E-state index in [1.165, 1.54) is 0 Å². The van der Waals surface area contributed by atoms with Crippen molar-refractivity contribution in [3.05, 3.63) is 119 Å². The number of amides is 1. The summed E-state index contributed by atoms with van der Waals surface area (Å²) < 4.78 is 6.00. The van der Waals surface area contributed by atoms with E-state index < -0.39 is 5.97 Å². The molecular weight excluding hydrogens is 476 g/mol. The molecule has 190 valence electrons. The summed E-state index contributed by atoms with van der Waals surface area (Å²) in [7, 11) is 0. The summed E-state index contributed by atoms with van der Waals surface area (Å²) in [4.78, 5) is 27.9. The molecule has 0 spiro atoms. The van der Waals surface area contributed by atoms with Gasteiger partial charge in [-0.2, -0.15) is 0 Å². The zero-order valence-electron chi connectivity index (χ0n) is 20.9. The average Bonchev–Trinajstić information content (AvgIpc) is 2.94. The Kier molecular flexibility index (Phi) is 7.59. The molecule has 6 heteroatoms. The number of benzene rings is 4. The molecule has 0 radical (unpaired) electrons. The predicted octanol–water partition coefficient (Wildman–Crippen LogP) is 6.30. The molecule has 0 aliphatic carbocycles. The van der Waals surface area contributed by atoms with Gasteiger partial charge in [-0.3, -0.25) is 9.59 Å². The highest BCUT2D eigenvalue weighted by atomic mass is 16.5. The van der Waals surface area contributed by atoms with Gasteiger partial charge in [-0.15, -0.1) is 0 Å². The fourth-order valence-electron chi connectivity index (χ4n) is 4.37. The Balaban J connectivity index is 1.16. The molecule has 1 heterocycles. The van der Waals surface area contributed by atoms with Crippen LogP contribution in [0.3, 0.4) is 0 Å². The lowest BCUT2D eigenvalue weighted by atomic mass is 10.1. The Morgan fingerprint density at radius 1 is 0.789 bits per heavy atom. The van der Waals surface area contributed by atoms with Crippen molar-refractivity contribution in [2.75, 3.05) is 0 Å². The van der Waals surface area contributed by atoms with Crippen LogP contribution in [-0.2, 0) is 24.4 Å². The lowest BCUT2D eigenvalue weighted by molar-refractivity contribution is -0.137. The Hall–Kier alpha value is -4.71. The maximum absolute atomic E-state index is 12.6. The van der Waals surface area contributed by atoms with Crippen molar-refractivity contribution < 1.29 is 19.4 Å². The zero-order valence-corrected chi connectivity index (χ0v) is 20.9. The number of fused-ring (bicyclic) bond motifs is 2. The molecule has 0 saturated carbocycles. The molecule has 0 fully saturated rings. The number of carboxylic acid groups (broad SMARTS) is 1. The van der Waals surface area contributed by atoms with E-state index in [0.29, 0.717) is 31.6 Å². The molecular formula is C32H28N2O4. The molecule has 0 atom stereocenters. The van der Waals surface area contributed by atoms with Crippen LogP contribution in [0.25, 0.3) is 21.7 Å². The second-order valence-corrected chi connectivity index (χ2v) is 9.25. The molecule has 6 nitrogen and oxygen atoms in total. The molecule has 0 bridgehead atoms. The number of carbonyl (C=O) groups is 2. The second kappa shape index (κ2) is 11.6. The van der Waals surface area contributed by atoms with Crippen molar-refractivity contribution in [1.82, 2.24) is 10.3 Å². The van der Waals surface area contributed by atoms with Gasteiger partial charge in [0.05, 0.1) is 11.2 Å². The van der Waals surface area contributed by atoms with Crippen LogP contribution >= 0.6 is 0 Å². The fourth-order valence-corrected chi connectivity index (χ4v) is 4.37. The number of rotatable bonds is 10. The second-order valence-electron chi connectivity index (χ2n) is 9.25.